The largest absolute Gasteiger partial charge is 0.350 e. The Labute approximate surface area is 138 Å². The predicted molar refractivity (Wildman–Crippen MR) is 82.7 cm³/mol. The molecule has 6 heteroatoms. The second-order valence-corrected chi connectivity index (χ2v) is 6.67. The van der Waals surface area contributed by atoms with E-state index in [9.17, 15) is 18.8 Å². The second kappa shape index (κ2) is 5.54. The van der Waals surface area contributed by atoms with Gasteiger partial charge in [-0.3, -0.25) is 19.3 Å². The van der Waals surface area contributed by atoms with Crippen molar-refractivity contribution in [3.05, 3.63) is 47.8 Å². The summed E-state index contributed by atoms with van der Waals surface area (Å²) in [6.07, 6.45) is 4.90. The van der Waals surface area contributed by atoms with E-state index >= 15 is 0 Å². The molecule has 4 unspecified atom stereocenters. The van der Waals surface area contributed by atoms with Crippen LogP contribution in [0, 0.1) is 29.5 Å². The van der Waals surface area contributed by atoms with Crippen LogP contribution in [0.5, 0.6) is 0 Å². The van der Waals surface area contributed by atoms with Crippen LogP contribution in [0.25, 0.3) is 0 Å². The number of nitrogens with one attached hydrogen (secondary N) is 1. The highest BCUT2D eigenvalue weighted by Gasteiger charge is 2.59. The first-order chi connectivity index (χ1) is 11.5. The van der Waals surface area contributed by atoms with Gasteiger partial charge in [0.2, 0.25) is 17.7 Å². The average Bonchev–Trinajstić information content (AvgIpc) is 3.23. The summed E-state index contributed by atoms with van der Waals surface area (Å²) in [5.41, 5.74) is 0.626. The zero-order valence-corrected chi connectivity index (χ0v) is 12.9. The van der Waals surface area contributed by atoms with Crippen LogP contribution in [0.4, 0.5) is 4.39 Å². The van der Waals surface area contributed by atoms with Crippen LogP contribution in [0.15, 0.2) is 36.4 Å². The number of allylic oxidation sites excluding steroid dienone is 2. The van der Waals surface area contributed by atoms with Gasteiger partial charge in [0.25, 0.3) is 0 Å². The molecule has 2 fully saturated rings. The summed E-state index contributed by atoms with van der Waals surface area (Å²) in [5.74, 6) is -1.56. The van der Waals surface area contributed by atoms with Crippen LogP contribution in [0.2, 0.25) is 0 Å². The maximum Gasteiger partial charge on any atom is 0.240 e. The van der Waals surface area contributed by atoms with Crippen molar-refractivity contribution >= 4 is 17.7 Å². The van der Waals surface area contributed by atoms with Crippen molar-refractivity contribution in [3.63, 3.8) is 0 Å². The molecule has 1 aliphatic heterocycles. The van der Waals surface area contributed by atoms with Crippen LogP contribution in [0.1, 0.15) is 12.0 Å². The van der Waals surface area contributed by atoms with Gasteiger partial charge in [0.1, 0.15) is 12.4 Å². The summed E-state index contributed by atoms with van der Waals surface area (Å²) < 4.78 is 13.1. The molecule has 0 spiro atoms. The second-order valence-electron chi connectivity index (χ2n) is 6.67. The first-order valence-corrected chi connectivity index (χ1v) is 8.09. The molecule has 5 nitrogen and oxygen atoms in total. The molecule has 3 aliphatic rings. The lowest BCUT2D eigenvalue weighted by molar-refractivity contribution is -0.144. The van der Waals surface area contributed by atoms with E-state index in [0.29, 0.717) is 5.56 Å². The quantitative estimate of drug-likeness (QED) is 0.668. The van der Waals surface area contributed by atoms with E-state index in [1.165, 1.54) is 12.1 Å². The van der Waals surface area contributed by atoms with E-state index < -0.39 is 5.91 Å². The predicted octanol–water partition coefficient (Wildman–Crippen LogP) is 1.25. The molecule has 4 rings (SSSR count). The summed E-state index contributed by atoms with van der Waals surface area (Å²) in [5, 5.41) is 2.63. The number of benzene rings is 1. The number of likely N-dealkylation sites (tertiary alicyclic amines) is 1. The van der Waals surface area contributed by atoms with Crippen LogP contribution >= 0.6 is 0 Å². The number of halogens is 1. The Balaban J connectivity index is 1.38. The molecule has 2 bridgehead atoms. The van der Waals surface area contributed by atoms with Crippen molar-refractivity contribution in [3.8, 4) is 0 Å². The highest BCUT2D eigenvalue weighted by atomic mass is 19.1. The molecular weight excluding hydrogens is 311 g/mol. The van der Waals surface area contributed by atoms with Gasteiger partial charge in [0.15, 0.2) is 0 Å². The molecule has 1 aromatic rings. The number of imide groups is 1. The van der Waals surface area contributed by atoms with Gasteiger partial charge in [0, 0.05) is 6.54 Å². The minimum Gasteiger partial charge on any atom is -0.350 e. The third kappa shape index (κ3) is 2.33. The number of rotatable bonds is 4. The molecule has 1 N–H and O–H groups in total. The molecule has 0 radical (unpaired) electrons. The SMILES string of the molecule is O=C(CN1C(=O)C2C3C=CC(C3)C2C1=O)NCc1cccc(F)c1. The van der Waals surface area contributed by atoms with Crippen molar-refractivity contribution in [2.75, 3.05) is 6.54 Å². The van der Waals surface area contributed by atoms with E-state index in [1.807, 2.05) is 12.2 Å². The number of hydrogen-bond acceptors (Lipinski definition) is 3. The molecule has 3 amide bonds. The van der Waals surface area contributed by atoms with Gasteiger partial charge in [-0.05, 0) is 36.0 Å². The molecule has 24 heavy (non-hydrogen) atoms. The Morgan fingerprint density at radius 3 is 2.46 bits per heavy atom. The Kier molecular flexibility index (Phi) is 3.48. The molecule has 2 aliphatic carbocycles. The highest BCUT2D eigenvalue weighted by Crippen LogP contribution is 2.52. The van der Waals surface area contributed by atoms with Crippen LogP contribution in [-0.4, -0.2) is 29.2 Å². The molecule has 4 atom stereocenters. The molecule has 0 aromatic heterocycles. The Morgan fingerprint density at radius 1 is 1.17 bits per heavy atom. The highest BCUT2D eigenvalue weighted by molar-refractivity contribution is 6.08. The molecule has 1 saturated carbocycles. The summed E-state index contributed by atoms with van der Waals surface area (Å²) in [4.78, 5) is 38.1. The minimum atomic E-state index is -0.416. The normalized spacial score (nSPS) is 30.1. The molecule has 124 valence electrons. The van der Waals surface area contributed by atoms with Gasteiger partial charge in [-0.1, -0.05) is 24.3 Å². The maximum absolute atomic E-state index is 13.1. The number of hydrogen-bond donors (Lipinski definition) is 1. The topological polar surface area (TPSA) is 66.5 Å². The van der Waals surface area contributed by atoms with Crippen LogP contribution < -0.4 is 5.32 Å². The van der Waals surface area contributed by atoms with E-state index in [-0.39, 0.29) is 54.4 Å². The first kappa shape index (κ1) is 15.1. The number of carbonyl (C=O) groups excluding carboxylic acids is 3. The lowest BCUT2D eigenvalue weighted by Gasteiger charge is -2.16. The van der Waals surface area contributed by atoms with Gasteiger partial charge in [-0.25, -0.2) is 4.39 Å². The van der Waals surface area contributed by atoms with Crippen LogP contribution in [0.3, 0.4) is 0 Å². The van der Waals surface area contributed by atoms with Crippen LogP contribution in [-0.2, 0) is 20.9 Å². The Morgan fingerprint density at radius 2 is 1.83 bits per heavy atom. The number of nitrogens with zero attached hydrogens (tertiary/aromatic N) is 1. The van der Waals surface area contributed by atoms with Crippen molar-refractivity contribution in [2.45, 2.75) is 13.0 Å². The Hall–Kier alpha value is -2.50. The lowest BCUT2D eigenvalue weighted by Crippen LogP contribution is -2.41. The standard InChI is InChI=1S/C18H17FN2O3/c19-13-3-1-2-10(6-13)8-20-14(22)9-21-17(23)15-11-4-5-12(7-11)16(15)18(21)24/h1-6,11-12,15-16H,7-9H2,(H,20,22). The molecular formula is C18H17FN2O3. The monoisotopic (exact) mass is 328 g/mol. The number of amides is 3. The molecule has 1 saturated heterocycles. The van der Waals surface area contributed by atoms with Gasteiger partial charge in [-0.15, -0.1) is 0 Å². The Bertz CT molecular complexity index is 730. The lowest BCUT2D eigenvalue weighted by atomic mass is 9.85. The van der Waals surface area contributed by atoms with Gasteiger partial charge < -0.3 is 5.32 Å². The maximum atomic E-state index is 13.1. The molecule has 1 heterocycles. The van der Waals surface area contributed by atoms with E-state index in [2.05, 4.69) is 5.32 Å². The zero-order valence-electron chi connectivity index (χ0n) is 12.9. The van der Waals surface area contributed by atoms with Crippen molar-refractivity contribution in [2.24, 2.45) is 23.7 Å². The molecule has 1 aromatic carbocycles. The number of fused-ring (bicyclic) bond motifs is 5. The van der Waals surface area contributed by atoms with Crippen molar-refractivity contribution < 1.29 is 18.8 Å². The minimum absolute atomic E-state index is 0.136. The first-order valence-electron chi connectivity index (χ1n) is 8.09. The van der Waals surface area contributed by atoms with E-state index in [0.717, 1.165) is 11.3 Å². The van der Waals surface area contributed by atoms with Gasteiger partial charge in [-0.2, -0.15) is 0 Å². The average molecular weight is 328 g/mol. The smallest absolute Gasteiger partial charge is 0.240 e. The fraction of sp³-hybridized carbons (Fsp3) is 0.389. The fourth-order valence-electron chi connectivity index (χ4n) is 4.17. The summed E-state index contributed by atoms with van der Waals surface area (Å²) in [7, 11) is 0. The zero-order chi connectivity index (χ0) is 16.8. The third-order valence-electron chi connectivity index (χ3n) is 5.24. The number of carbonyl (C=O) groups is 3. The third-order valence-corrected chi connectivity index (χ3v) is 5.24. The van der Waals surface area contributed by atoms with Crippen molar-refractivity contribution in [1.29, 1.82) is 0 Å². The van der Waals surface area contributed by atoms with Gasteiger partial charge >= 0.3 is 0 Å². The fourth-order valence-corrected chi connectivity index (χ4v) is 4.17. The van der Waals surface area contributed by atoms with E-state index in [1.54, 1.807) is 12.1 Å². The van der Waals surface area contributed by atoms with E-state index in [4.69, 9.17) is 0 Å². The summed E-state index contributed by atoms with van der Waals surface area (Å²) in [6, 6.07) is 5.92. The summed E-state index contributed by atoms with van der Waals surface area (Å²) in [6.45, 7) is -0.105. The summed E-state index contributed by atoms with van der Waals surface area (Å²) >= 11 is 0. The van der Waals surface area contributed by atoms with Crippen molar-refractivity contribution in [1.82, 2.24) is 10.2 Å². The van der Waals surface area contributed by atoms with Gasteiger partial charge in [0.05, 0.1) is 11.8 Å².